The topological polar surface area (TPSA) is 85.1 Å². The van der Waals surface area contributed by atoms with E-state index < -0.39 is 11.8 Å². The van der Waals surface area contributed by atoms with Crippen LogP contribution < -0.4 is 5.32 Å². The zero-order valence-corrected chi connectivity index (χ0v) is 14.3. The Morgan fingerprint density at radius 3 is 2.79 bits per heavy atom. The van der Waals surface area contributed by atoms with Gasteiger partial charge in [-0.05, 0) is 30.0 Å². The molecule has 2 amide bonds. The summed E-state index contributed by atoms with van der Waals surface area (Å²) in [6, 6.07) is 11.1. The van der Waals surface area contributed by atoms with E-state index >= 15 is 0 Å². The van der Waals surface area contributed by atoms with Crippen molar-refractivity contribution in [3.8, 4) is 11.5 Å². The monoisotopic (exact) mass is 359 g/mol. The maximum absolute atomic E-state index is 11.8. The van der Waals surface area contributed by atoms with E-state index in [4.69, 9.17) is 4.42 Å². The number of hydrogen-bond donors (Lipinski definition) is 1. The number of amides is 2. The molecule has 8 heteroatoms. The van der Waals surface area contributed by atoms with Gasteiger partial charge in [0.15, 0.2) is 0 Å². The SMILES string of the molecule is Cc1ccccc1-c1nnc(SCC(=O)NC(=O)c2cccs2)o1. The van der Waals surface area contributed by atoms with Gasteiger partial charge in [-0.15, -0.1) is 21.5 Å². The van der Waals surface area contributed by atoms with Crippen molar-refractivity contribution in [2.75, 3.05) is 5.75 Å². The molecule has 0 aliphatic rings. The number of carbonyl (C=O) groups is 2. The van der Waals surface area contributed by atoms with Crippen molar-refractivity contribution in [2.24, 2.45) is 0 Å². The molecule has 2 aromatic heterocycles. The molecular formula is C16H13N3O3S2. The normalized spacial score (nSPS) is 10.5. The van der Waals surface area contributed by atoms with Crippen LogP contribution in [0.15, 0.2) is 51.4 Å². The van der Waals surface area contributed by atoms with E-state index in [2.05, 4.69) is 15.5 Å². The van der Waals surface area contributed by atoms with Crippen molar-refractivity contribution < 1.29 is 14.0 Å². The Balaban J connectivity index is 1.57. The van der Waals surface area contributed by atoms with Gasteiger partial charge in [0, 0.05) is 5.56 Å². The van der Waals surface area contributed by atoms with Crippen LogP contribution in [0, 0.1) is 6.92 Å². The fourth-order valence-electron chi connectivity index (χ4n) is 1.95. The molecular weight excluding hydrogens is 346 g/mol. The lowest BCUT2D eigenvalue weighted by atomic mass is 10.1. The third kappa shape index (κ3) is 3.90. The predicted molar refractivity (Wildman–Crippen MR) is 92.0 cm³/mol. The molecule has 1 N–H and O–H groups in total. The summed E-state index contributed by atoms with van der Waals surface area (Å²) >= 11 is 2.37. The number of nitrogens with one attached hydrogen (secondary N) is 1. The van der Waals surface area contributed by atoms with Gasteiger partial charge in [-0.1, -0.05) is 36.0 Å². The second kappa shape index (κ2) is 7.41. The highest BCUT2D eigenvalue weighted by Crippen LogP contribution is 2.25. The molecule has 0 bridgehead atoms. The predicted octanol–water partition coefficient (Wildman–Crippen LogP) is 3.16. The van der Waals surface area contributed by atoms with Crippen molar-refractivity contribution in [3.05, 3.63) is 52.2 Å². The van der Waals surface area contributed by atoms with Crippen molar-refractivity contribution in [3.63, 3.8) is 0 Å². The Morgan fingerprint density at radius 2 is 2.04 bits per heavy atom. The number of rotatable bonds is 5. The number of benzene rings is 1. The van der Waals surface area contributed by atoms with Crippen LogP contribution in [-0.2, 0) is 4.79 Å². The number of thioether (sulfide) groups is 1. The molecule has 3 aromatic rings. The number of imide groups is 1. The summed E-state index contributed by atoms with van der Waals surface area (Å²) in [5, 5.41) is 12.3. The smallest absolute Gasteiger partial charge is 0.277 e. The van der Waals surface area contributed by atoms with Crippen LogP contribution in [0.4, 0.5) is 0 Å². The lowest BCUT2D eigenvalue weighted by Crippen LogP contribution is -2.31. The summed E-state index contributed by atoms with van der Waals surface area (Å²) in [6.45, 7) is 1.95. The summed E-state index contributed by atoms with van der Waals surface area (Å²) < 4.78 is 5.56. The lowest BCUT2D eigenvalue weighted by Gasteiger charge is -2.00. The third-order valence-electron chi connectivity index (χ3n) is 3.11. The zero-order valence-electron chi connectivity index (χ0n) is 12.7. The minimum absolute atomic E-state index is 0.0204. The zero-order chi connectivity index (χ0) is 16.9. The molecule has 0 radical (unpaired) electrons. The van der Waals surface area contributed by atoms with Crippen LogP contribution in [0.3, 0.4) is 0 Å². The van der Waals surface area contributed by atoms with E-state index in [0.717, 1.165) is 22.9 Å². The Hall–Kier alpha value is -2.45. The van der Waals surface area contributed by atoms with E-state index in [0.29, 0.717) is 10.8 Å². The van der Waals surface area contributed by atoms with Crippen LogP contribution in [0.25, 0.3) is 11.5 Å². The first-order valence-corrected chi connectivity index (χ1v) is 8.90. The first-order valence-electron chi connectivity index (χ1n) is 7.03. The van der Waals surface area contributed by atoms with E-state index in [1.807, 2.05) is 31.2 Å². The van der Waals surface area contributed by atoms with Crippen LogP contribution in [-0.4, -0.2) is 27.8 Å². The standard InChI is InChI=1S/C16H13N3O3S2/c1-10-5-2-3-6-11(10)15-18-19-16(22-15)24-9-13(20)17-14(21)12-7-4-8-23-12/h2-8H,9H2,1H3,(H,17,20,21). The molecule has 0 aliphatic heterocycles. The minimum Gasteiger partial charge on any atom is -0.411 e. The summed E-state index contributed by atoms with van der Waals surface area (Å²) in [6.07, 6.45) is 0. The summed E-state index contributed by atoms with van der Waals surface area (Å²) in [4.78, 5) is 24.1. The molecule has 0 saturated carbocycles. The van der Waals surface area contributed by atoms with Crippen molar-refractivity contribution in [1.82, 2.24) is 15.5 Å². The van der Waals surface area contributed by atoms with Gasteiger partial charge < -0.3 is 4.42 Å². The van der Waals surface area contributed by atoms with Gasteiger partial charge in [0.2, 0.25) is 11.8 Å². The lowest BCUT2D eigenvalue weighted by molar-refractivity contribution is -0.117. The molecule has 0 saturated heterocycles. The second-order valence-electron chi connectivity index (χ2n) is 4.83. The van der Waals surface area contributed by atoms with E-state index in [9.17, 15) is 9.59 Å². The molecule has 6 nitrogen and oxygen atoms in total. The Bertz CT molecular complexity index is 859. The number of thiophene rings is 1. The Morgan fingerprint density at radius 1 is 1.21 bits per heavy atom. The molecule has 3 rings (SSSR count). The van der Waals surface area contributed by atoms with E-state index in [-0.39, 0.29) is 11.0 Å². The van der Waals surface area contributed by atoms with Crippen LogP contribution in [0.2, 0.25) is 0 Å². The van der Waals surface area contributed by atoms with Gasteiger partial charge in [0.05, 0.1) is 10.6 Å². The average Bonchev–Trinajstić information content (AvgIpc) is 3.25. The van der Waals surface area contributed by atoms with Crippen LogP contribution in [0.1, 0.15) is 15.2 Å². The van der Waals surface area contributed by atoms with Gasteiger partial charge in [-0.3, -0.25) is 14.9 Å². The second-order valence-corrected chi connectivity index (χ2v) is 6.71. The highest BCUT2D eigenvalue weighted by atomic mass is 32.2. The van der Waals surface area contributed by atoms with Gasteiger partial charge in [0.25, 0.3) is 11.1 Å². The number of aryl methyl sites for hydroxylation is 1. The Kier molecular flexibility index (Phi) is 5.07. The number of carbonyl (C=O) groups excluding carboxylic acids is 2. The third-order valence-corrected chi connectivity index (χ3v) is 4.79. The number of aromatic nitrogens is 2. The molecule has 24 heavy (non-hydrogen) atoms. The maximum atomic E-state index is 11.8. The number of nitrogens with zero attached hydrogens (tertiary/aromatic N) is 2. The van der Waals surface area contributed by atoms with Gasteiger partial charge in [-0.2, -0.15) is 0 Å². The van der Waals surface area contributed by atoms with Gasteiger partial charge in [0.1, 0.15) is 0 Å². The quantitative estimate of drug-likeness (QED) is 0.705. The molecule has 0 fully saturated rings. The highest BCUT2D eigenvalue weighted by molar-refractivity contribution is 7.99. The van der Waals surface area contributed by atoms with Crippen LogP contribution >= 0.6 is 23.1 Å². The number of hydrogen-bond acceptors (Lipinski definition) is 7. The van der Waals surface area contributed by atoms with Gasteiger partial charge in [-0.25, -0.2) is 0 Å². The largest absolute Gasteiger partial charge is 0.411 e. The summed E-state index contributed by atoms with van der Waals surface area (Å²) in [5.74, 6) is -0.381. The minimum atomic E-state index is -0.408. The van der Waals surface area contributed by atoms with E-state index in [1.54, 1.807) is 17.5 Å². The first kappa shape index (κ1) is 16.4. The summed E-state index contributed by atoms with van der Waals surface area (Å²) in [7, 11) is 0. The average molecular weight is 359 g/mol. The molecule has 0 spiro atoms. The molecule has 0 aliphatic carbocycles. The van der Waals surface area contributed by atoms with Gasteiger partial charge >= 0.3 is 0 Å². The van der Waals surface area contributed by atoms with Crippen molar-refractivity contribution >= 4 is 34.9 Å². The fraction of sp³-hybridized carbons (Fsp3) is 0.125. The van der Waals surface area contributed by atoms with Crippen LogP contribution in [0.5, 0.6) is 0 Å². The molecule has 0 unspecified atom stereocenters. The molecule has 2 heterocycles. The molecule has 1 aromatic carbocycles. The first-order chi connectivity index (χ1) is 11.6. The fourth-order valence-corrected chi connectivity index (χ4v) is 3.13. The molecule has 0 atom stereocenters. The summed E-state index contributed by atoms with van der Waals surface area (Å²) in [5.41, 5.74) is 1.88. The van der Waals surface area contributed by atoms with E-state index in [1.165, 1.54) is 11.3 Å². The highest BCUT2D eigenvalue weighted by Gasteiger charge is 2.15. The van der Waals surface area contributed by atoms with Crippen molar-refractivity contribution in [2.45, 2.75) is 12.1 Å². The maximum Gasteiger partial charge on any atom is 0.277 e. The van der Waals surface area contributed by atoms with Crippen molar-refractivity contribution in [1.29, 1.82) is 0 Å². The Labute approximate surface area is 146 Å². The molecule has 122 valence electrons.